The molecule has 0 aliphatic heterocycles. The molecule has 0 bridgehead atoms. The molecule has 1 aliphatic rings. The third-order valence-corrected chi connectivity index (χ3v) is 3.54. The van der Waals surface area contributed by atoms with Gasteiger partial charge in [0.1, 0.15) is 0 Å². The van der Waals surface area contributed by atoms with Gasteiger partial charge < -0.3 is 15.8 Å². The summed E-state index contributed by atoms with van der Waals surface area (Å²) in [4.78, 5) is 11.9. The van der Waals surface area contributed by atoms with E-state index in [-0.39, 0.29) is 5.91 Å². The maximum absolute atomic E-state index is 11.9. The first kappa shape index (κ1) is 14.2. The van der Waals surface area contributed by atoms with Crippen LogP contribution < -0.4 is 11.1 Å². The van der Waals surface area contributed by atoms with E-state index in [9.17, 15) is 4.79 Å². The van der Waals surface area contributed by atoms with Crippen molar-refractivity contribution in [3.05, 3.63) is 28.8 Å². The van der Waals surface area contributed by atoms with Crippen LogP contribution in [0.3, 0.4) is 0 Å². The minimum absolute atomic E-state index is 0.191. The zero-order chi connectivity index (χ0) is 13.7. The van der Waals surface area contributed by atoms with Crippen molar-refractivity contribution in [3.63, 3.8) is 0 Å². The van der Waals surface area contributed by atoms with Crippen LogP contribution in [0.25, 0.3) is 0 Å². The third kappa shape index (κ3) is 4.11. The Kier molecular flexibility index (Phi) is 5.05. The van der Waals surface area contributed by atoms with Gasteiger partial charge in [0.2, 0.25) is 0 Å². The Morgan fingerprint density at radius 1 is 1.42 bits per heavy atom. The Balaban J connectivity index is 1.74. The fourth-order valence-electron chi connectivity index (χ4n) is 2.28. The summed E-state index contributed by atoms with van der Waals surface area (Å²) < 4.78 is 5.67. The summed E-state index contributed by atoms with van der Waals surface area (Å²) in [7, 11) is 0. The molecule has 0 aromatic heterocycles. The maximum atomic E-state index is 11.9. The molecule has 0 saturated heterocycles. The molecule has 1 aromatic carbocycles. The number of anilines is 1. The van der Waals surface area contributed by atoms with Crippen LogP contribution in [0.4, 0.5) is 5.69 Å². The Hall–Kier alpha value is -1.26. The van der Waals surface area contributed by atoms with Crippen molar-refractivity contribution >= 4 is 23.2 Å². The van der Waals surface area contributed by atoms with E-state index < -0.39 is 0 Å². The Bertz CT molecular complexity index is 445. The molecule has 1 amide bonds. The number of nitrogens with one attached hydrogen (secondary N) is 1. The lowest BCUT2D eigenvalue weighted by molar-refractivity contribution is 0.0582. The van der Waals surface area contributed by atoms with Gasteiger partial charge >= 0.3 is 0 Å². The highest BCUT2D eigenvalue weighted by Crippen LogP contribution is 2.20. The van der Waals surface area contributed by atoms with Gasteiger partial charge in [0, 0.05) is 17.3 Å². The molecule has 1 aliphatic carbocycles. The number of hydrogen-bond donors (Lipinski definition) is 2. The number of carbonyl (C=O) groups excluding carboxylic acids is 1. The van der Waals surface area contributed by atoms with Gasteiger partial charge in [-0.15, -0.1) is 0 Å². The molecule has 2 rings (SSSR count). The average Bonchev–Trinajstić information content (AvgIpc) is 2.87. The molecule has 0 unspecified atom stereocenters. The zero-order valence-corrected chi connectivity index (χ0v) is 11.6. The molecule has 1 fully saturated rings. The normalized spacial score (nSPS) is 15.6. The van der Waals surface area contributed by atoms with Crippen LogP contribution in [0.15, 0.2) is 18.2 Å². The van der Waals surface area contributed by atoms with E-state index >= 15 is 0 Å². The average molecular weight is 283 g/mol. The molecular weight excluding hydrogens is 264 g/mol. The molecule has 0 spiro atoms. The number of amides is 1. The summed E-state index contributed by atoms with van der Waals surface area (Å²) >= 11 is 5.79. The van der Waals surface area contributed by atoms with Gasteiger partial charge in [0.15, 0.2) is 0 Å². The van der Waals surface area contributed by atoms with Gasteiger partial charge in [-0.05, 0) is 31.0 Å². The van der Waals surface area contributed by atoms with E-state index in [0.29, 0.717) is 35.5 Å². The predicted molar refractivity (Wildman–Crippen MR) is 76.4 cm³/mol. The van der Waals surface area contributed by atoms with Crippen molar-refractivity contribution < 1.29 is 9.53 Å². The van der Waals surface area contributed by atoms with Gasteiger partial charge in [-0.2, -0.15) is 0 Å². The van der Waals surface area contributed by atoms with E-state index in [4.69, 9.17) is 22.1 Å². The van der Waals surface area contributed by atoms with Gasteiger partial charge in [-0.1, -0.05) is 24.4 Å². The third-order valence-electron chi connectivity index (χ3n) is 3.30. The summed E-state index contributed by atoms with van der Waals surface area (Å²) in [6.45, 7) is 1.04. The van der Waals surface area contributed by atoms with Gasteiger partial charge in [0.25, 0.3) is 5.91 Å². The fourth-order valence-corrected chi connectivity index (χ4v) is 2.46. The molecule has 0 atom stereocenters. The minimum Gasteiger partial charge on any atom is -0.398 e. The van der Waals surface area contributed by atoms with Crippen LogP contribution in [0.1, 0.15) is 36.0 Å². The Morgan fingerprint density at radius 3 is 2.84 bits per heavy atom. The number of rotatable bonds is 5. The molecule has 4 nitrogen and oxygen atoms in total. The largest absolute Gasteiger partial charge is 0.398 e. The number of hydrogen-bond acceptors (Lipinski definition) is 3. The van der Waals surface area contributed by atoms with Crippen LogP contribution >= 0.6 is 11.6 Å². The topological polar surface area (TPSA) is 64.4 Å². The van der Waals surface area contributed by atoms with Crippen LogP contribution in [-0.2, 0) is 4.74 Å². The van der Waals surface area contributed by atoms with Gasteiger partial charge in [-0.3, -0.25) is 4.79 Å². The molecule has 1 aromatic rings. The molecule has 0 radical (unpaired) electrons. The second-order valence-corrected chi connectivity index (χ2v) is 5.20. The van der Waals surface area contributed by atoms with E-state index in [1.54, 1.807) is 18.2 Å². The zero-order valence-electron chi connectivity index (χ0n) is 10.8. The summed E-state index contributed by atoms with van der Waals surface area (Å²) in [6.07, 6.45) is 5.14. The smallest absolute Gasteiger partial charge is 0.253 e. The van der Waals surface area contributed by atoms with Crippen LogP contribution in [0.5, 0.6) is 0 Å². The van der Waals surface area contributed by atoms with E-state index in [2.05, 4.69) is 5.32 Å². The number of benzene rings is 1. The van der Waals surface area contributed by atoms with Crippen molar-refractivity contribution in [2.45, 2.75) is 31.8 Å². The molecule has 0 heterocycles. The highest BCUT2D eigenvalue weighted by atomic mass is 35.5. The van der Waals surface area contributed by atoms with Crippen LogP contribution in [0.2, 0.25) is 5.02 Å². The fraction of sp³-hybridized carbons (Fsp3) is 0.500. The summed E-state index contributed by atoms with van der Waals surface area (Å²) in [5.74, 6) is -0.191. The van der Waals surface area contributed by atoms with E-state index in [0.717, 1.165) is 12.8 Å². The quantitative estimate of drug-likeness (QED) is 0.644. The van der Waals surface area contributed by atoms with Crippen molar-refractivity contribution in [2.75, 3.05) is 18.9 Å². The lowest BCUT2D eigenvalue weighted by atomic mass is 10.1. The predicted octanol–water partition coefficient (Wildman–Crippen LogP) is 2.61. The summed E-state index contributed by atoms with van der Waals surface area (Å²) in [5, 5.41) is 3.32. The number of ether oxygens (including phenoxy) is 1. The number of nitrogen functional groups attached to an aromatic ring is 1. The van der Waals surface area contributed by atoms with Crippen molar-refractivity contribution in [1.29, 1.82) is 0 Å². The second kappa shape index (κ2) is 6.78. The highest BCUT2D eigenvalue weighted by Gasteiger charge is 2.15. The Morgan fingerprint density at radius 2 is 2.16 bits per heavy atom. The minimum atomic E-state index is -0.191. The Labute approximate surface area is 118 Å². The summed E-state index contributed by atoms with van der Waals surface area (Å²) in [6, 6.07) is 4.86. The lowest BCUT2D eigenvalue weighted by Gasteiger charge is -2.12. The monoisotopic (exact) mass is 282 g/mol. The second-order valence-electron chi connectivity index (χ2n) is 4.76. The van der Waals surface area contributed by atoms with Crippen molar-refractivity contribution in [3.8, 4) is 0 Å². The highest BCUT2D eigenvalue weighted by molar-refractivity contribution is 6.31. The molecule has 104 valence electrons. The first-order valence-electron chi connectivity index (χ1n) is 6.61. The lowest BCUT2D eigenvalue weighted by Crippen LogP contribution is -2.29. The van der Waals surface area contributed by atoms with Crippen LogP contribution in [-0.4, -0.2) is 25.2 Å². The molecular formula is C14H19ClN2O2. The SMILES string of the molecule is Nc1cc(Cl)ccc1C(=O)NCCOC1CCCC1. The standard InChI is InChI=1S/C14H19ClN2O2/c15-10-5-6-12(13(16)9-10)14(18)17-7-8-19-11-3-1-2-4-11/h5-6,9,11H,1-4,7-8,16H2,(H,17,18). The van der Waals surface area contributed by atoms with E-state index in [1.807, 2.05) is 0 Å². The van der Waals surface area contributed by atoms with Crippen molar-refractivity contribution in [2.24, 2.45) is 0 Å². The maximum Gasteiger partial charge on any atom is 0.253 e. The molecule has 3 N–H and O–H groups in total. The number of carbonyl (C=O) groups is 1. The molecule has 5 heteroatoms. The first-order chi connectivity index (χ1) is 9.16. The summed E-state index contributed by atoms with van der Waals surface area (Å²) in [5.41, 5.74) is 6.59. The number of nitrogens with two attached hydrogens (primary N) is 1. The van der Waals surface area contributed by atoms with E-state index in [1.165, 1.54) is 12.8 Å². The van der Waals surface area contributed by atoms with Crippen molar-refractivity contribution in [1.82, 2.24) is 5.32 Å². The van der Waals surface area contributed by atoms with Crippen LogP contribution in [0, 0.1) is 0 Å². The van der Waals surface area contributed by atoms with Gasteiger partial charge in [-0.25, -0.2) is 0 Å². The molecule has 19 heavy (non-hydrogen) atoms. The van der Waals surface area contributed by atoms with Gasteiger partial charge in [0.05, 0.1) is 18.3 Å². The first-order valence-corrected chi connectivity index (χ1v) is 6.99. The molecule has 1 saturated carbocycles. The number of halogens is 1.